The smallest absolute Gasteiger partial charge is 0.128 e. The molecule has 0 aliphatic carbocycles. The summed E-state index contributed by atoms with van der Waals surface area (Å²) in [6.07, 6.45) is 5.29. The molecule has 0 radical (unpaired) electrons. The standard InChI is InChI=1S/C15H27N3S/c1-6-14(11-19-5)18(4)15-8-7-13(10-17-15)9-16-12(2)3/h7-8,10,12,14,16H,6,9,11H2,1-5H3. The van der Waals surface area contributed by atoms with Gasteiger partial charge in [-0.2, -0.15) is 11.8 Å². The lowest BCUT2D eigenvalue weighted by atomic mass is 10.2. The summed E-state index contributed by atoms with van der Waals surface area (Å²) in [5.74, 6) is 2.21. The highest BCUT2D eigenvalue weighted by Crippen LogP contribution is 2.16. The van der Waals surface area contributed by atoms with E-state index in [1.807, 2.05) is 18.0 Å². The molecule has 1 aromatic heterocycles. The van der Waals surface area contributed by atoms with Crippen molar-refractivity contribution >= 4 is 17.6 Å². The van der Waals surface area contributed by atoms with Gasteiger partial charge < -0.3 is 10.2 Å². The summed E-state index contributed by atoms with van der Waals surface area (Å²) in [6, 6.07) is 5.36. The molecule has 0 aliphatic rings. The zero-order chi connectivity index (χ0) is 14.3. The molecule has 0 aromatic carbocycles. The number of nitrogens with one attached hydrogen (secondary N) is 1. The van der Waals surface area contributed by atoms with E-state index in [0.29, 0.717) is 12.1 Å². The number of thioether (sulfide) groups is 1. The predicted molar refractivity (Wildman–Crippen MR) is 87.1 cm³/mol. The Kier molecular flexibility index (Phi) is 7.24. The summed E-state index contributed by atoms with van der Waals surface area (Å²) in [5, 5.41) is 3.41. The van der Waals surface area contributed by atoms with E-state index in [-0.39, 0.29) is 0 Å². The van der Waals surface area contributed by atoms with Crippen LogP contribution in [0.25, 0.3) is 0 Å². The van der Waals surface area contributed by atoms with E-state index in [9.17, 15) is 0 Å². The number of pyridine rings is 1. The third kappa shape index (κ3) is 5.41. The number of nitrogens with zero attached hydrogens (tertiary/aromatic N) is 2. The van der Waals surface area contributed by atoms with Gasteiger partial charge >= 0.3 is 0 Å². The maximum absolute atomic E-state index is 4.58. The molecule has 0 fully saturated rings. The highest BCUT2D eigenvalue weighted by atomic mass is 32.2. The highest BCUT2D eigenvalue weighted by molar-refractivity contribution is 7.98. The SMILES string of the molecule is CCC(CSC)N(C)c1ccc(CNC(C)C)cn1. The van der Waals surface area contributed by atoms with Crippen LogP contribution in [0.2, 0.25) is 0 Å². The lowest BCUT2D eigenvalue weighted by Gasteiger charge is -2.27. The molecule has 108 valence electrons. The summed E-state index contributed by atoms with van der Waals surface area (Å²) in [6.45, 7) is 7.43. The molecule has 3 nitrogen and oxygen atoms in total. The van der Waals surface area contributed by atoms with Gasteiger partial charge in [0.1, 0.15) is 5.82 Å². The zero-order valence-corrected chi connectivity index (χ0v) is 13.6. The summed E-state index contributed by atoms with van der Waals surface area (Å²) in [5.41, 5.74) is 1.24. The Morgan fingerprint density at radius 2 is 2.11 bits per heavy atom. The van der Waals surface area contributed by atoms with Gasteiger partial charge in [0.25, 0.3) is 0 Å². The normalized spacial score (nSPS) is 12.7. The second-order valence-electron chi connectivity index (χ2n) is 5.19. The summed E-state index contributed by atoms with van der Waals surface area (Å²) in [7, 11) is 2.14. The minimum atomic E-state index is 0.508. The molecule has 0 spiro atoms. The molecule has 1 unspecified atom stereocenters. The molecule has 1 N–H and O–H groups in total. The van der Waals surface area contributed by atoms with Gasteiger partial charge in [-0.3, -0.25) is 0 Å². The van der Waals surface area contributed by atoms with Crippen molar-refractivity contribution in [3.63, 3.8) is 0 Å². The number of hydrogen-bond donors (Lipinski definition) is 1. The van der Waals surface area contributed by atoms with E-state index >= 15 is 0 Å². The van der Waals surface area contributed by atoms with Crippen LogP contribution in [0.5, 0.6) is 0 Å². The van der Waals surface area contributed by atoms with Crippen LogP contribution in [0.1, 0.15) is 32.8 Å². The average molecular weight is 281 g/mol. The van der Waals surface area contributed by atoms with Crippen LogP contribution in [-0.4, -0.2) is 36.1 Å². The van der Waals surface area contributed by atoms with Gasteiger partial charge in [0.15, 0.2) is 0 Å². The van der Waals surface area contributed by atoms with Crippen LogP contribution >= 0.6 is 11.8 Å². The minimum Gasteiger partial charge on any atom is -0.356 e. The Labute approximate surface area is 122 Å². The molecular formula is C15H27N3S. The average Bonchev–Trinajstić information content (AvgIpc) is 2.42. The monoisotopic (exact) mass is 281 g/mol. The van der Waals surface area contributed by atoms with Crippen molar-refractivity contribution in [1.82, 2.24) is 10.3 Å². The largest absolute Gasteiger partial charge is 0.356 e. The molecule has 4 heteroatoms. The summed E-state index contributed by atoms with van der Waals surface area (Å²) < 4.78 is 0. The quantitative estimate of drug-likeness (QED) is 0.792. The molecule has 0 bridgehead atoms. The van der Waals surface area contributed by atoms with Crippen LogP contribution in [0.4, 0.5) is 5.82 Å². The Morgan fingerprint density at radius 3 is 2.58 bits per heavy atom. The molecular weight excluding hydrogens is 254 g/mol. The Morgan fingerprint density at radius 1 is 1.37 bits per heavy atom. The first-order valence-electron chi connectivity index (χ1n) is 6.98. The Bertz CT molecular complexity index is 351. The molecule has 0 amide bonds. The maximum Gasteiger partial charge on any atom is 0.128 e. The van der Waals surface area contributed by atoms with E-state index in [2.05, 4.69) is 61.4 Å². The first-order valence-corrected chi connectivity index (χ1v) is 8.38. The van der Waals surface area contributed by atoms with Gasteiger partial charge in [-0.05, 0) is 24.3 Å². The van der Waals surface area contributed by atoms with Gasteiger partial charge in [-0.15, -0.1) is 0 Å². The lowest BCUT2D eigenvalue weighted by molar-refractivity contribution is 0.587. The van der Waals surface area contributed by atoms with E-state index in [1.54, 1.807) is 0 Å². The van der Waals surface area contributed by atoms with Crippen molar-refractivity contribution in [1.29, 1.82) is 0 Å². The van der Waals surface area contributed by atoms with Crippen LogP contribution in [-0.2, 0) is 6.54 Å². The number of hydrogen-bond acceptors (Lipinski definition) is 4. The molecule has 1 rings (SSSR count). The van der Waals surface area contributed by atoms with E-state index < -0.39 is 0 Å². The molecule has 1 atom stereocenters. The van der Waals surface area contributed by atoms with Crippen LogP contribution in [0.15, 0.2) is 18.3 Å². The number of rotatable bonds is 8. The van der Waals surface area contributed by atoms with Crippen LogP contribution in [0, 0.1) is 0 Å². The van der Waals surface area contributed by atoms with Gasteiger partial charge in [0.05, 0.1) is 0 Å². The fraction of sp³-hybridized carbons (Fsp3) is 0.667. The third-order valence-electron chi connectivity index (χ3n) is 3.26. The topological polar surface area (TPSA) is 28.2 Å². The maximum atomic E-state index is 4.58. The van der Waals surface area contributed by atoms with Crippen molar-refractivity contribution in [3.05, 3.63) is 23.9 Å². The van der Waals surface area contributed by atoms with Gasteiger partial charge in [0, 0.05) is 37.6 Å². The zero-order valence-electron chi connectivity index (χ0n) is 12.8. The van der Waals surface area contributed by atoms with Gasteiger partial charge in [-0.1, -0.05) is 26.8 Å². The lowest BCUT2D eigenvalue weighted by Crippen LogP contribution is -2.33. The second-order valence-corrected chi connectivity index (χ2v) is 6.10. The molecule has 0 saturated heterocycles. The number of aromatic nitrogens is 1. The fourth-order valence-electron chi connectivity index (χ4n) is 1.93. The summed E-state index contributed by atoms with van der Waals surface area (Å²) >= 11 is 1.89. The third-order valence-corrected chi connectivity index (χ3v) is 3.98. The van der Waals surface area contributed by atoms with E-state index in [1.165, 1.54) is 5.56 Å². The minimum absolute atomic E-state index is 0.508. The Hall–Kier alpha value is -0.740. The van der Waals surface area contributed by atoms with Gasteiger partial charge in [0.2, 0.25) is 0 Å². The molecule has 19 heavy (non-hydrogen) atoms. The molecule has 1 aromatic rings. The molecule has 1 heterocycles. The predicted octanol–water partition coefficient (Wildman–Crippen LogP) is 3.16. The second kappa shape index (κ2) is 8.43. The van der Waals surface area contributed by atoms with Crippen molar-refractivity contribution in [3.8, 4) is 0 Å². The first-order chi connectivity index (χ1) is 9.08. The first kappa shape index (κ1) is 16.3. The van der Waals surface area contributed by atoms with Crippen molar-refractivity contribution in [2.75, 3.05) is 24.0 Å². The highest BCUT2D eigenvalue weighted by Gasteiger charge is 2.13. The van der Waals surface area contributed by atoms with Crippen LogP contribution in [0.3, 0.4) is 0 Å². The fourth-order valence-corrected chi connectivity index (χ4v) is 2.78. The number of anilines is 1. The van der Waals surface area contributed by atoms with Crippen molar-refractivity contribution < 1.29 is 0 Å². The van der Waals surface area contributed by atoms with Crippen molar-refractivity contribution in [2.45, 2.75) is 45.8 Å². The summed E-state index contributed by atoms with van der Waals surface area (Å²) in [4.78, 5) is 6.87. The van der Waals surface area contributed by atoms with E-state index in [4.69, 9.17) is 0 Å². The molecule has 0 saturated carbocycles. The van der Waals surface area contributed by atoms with Gasteiger partial charge in [-0.25, -0.2) is 4.98 Å². The molecule has 0 aliphatic heterocycles. The Balaban J connectivity index is 2.64. The van der Waals surface area contributed by atoms with E-state index in [0.717, 1.165) is 24.5 Å². The van der Waals surface area contributed by atoms with Crippen LogP contribution < -0.4 is 10.2 Å². The van der Waals surface area contributed by atoms with Crippen molar-refractivity contribution in [2.24, 2.45) is 0 Å².